The number of anilines is 3. The predicted octanol–water partition coefficient (Wildman–Crippen LogP) is 32.9. The van der Waals surface area contributed by atoms with Crippen LogP contribution in [-0.4, -0.2) is 0 Å². The van der Waals surface area contributed by atoms with Crippen LogP contribution in [0.5, 0.6) is 0 Å². The van der Waals surface area contributed by atoms with Gasteiger partial charge in [-0.1, -0.05) is 380 Å². The number of unbranched alkanes of at least 4 members (excludes halogenated alkanes) is 8. The van der Waals surface area contributed by atoms with E-state index in [1.807, 2.05) is 0 Å². The van der Waals surface area contributed by atoms with Crippen LogP contribution in [0.3, 0.4) is 0 Å². The summed E-state index contributed by atoms with van der Waals surface area (Å²) < 4.78 is 6.95. The second kappa shape index (κ2) is 28.3. The molecule has 2 nitrogen and oxygen atoms in total. The third kappa shape index (κ3) is 10.6. The second-order valence-electron chi connectivity index (χ2n) is 39.0. The molecular formula is C123H105NO. The Labute approximate surface area is 737 Å². The summed E-state index contributed by atoms with van der Waals surface area (Å²) in [5.41, 5.74) is 48.5. The van der Waals surface area contributed by atoms with Gasteiger partial charge in [-0.3, -0.25) is 0 Å². The molecule has 16 aromatic carbocycles. The van der Waals surface area contributed by atoms with E-state index >= 15 is 0 Å². The Bertz CT molecular complexity index is 7210. The Morgan fingerprint density at radius 3 is 1.31 bits per heavy atom. The highest BCUT2D eigenvalue weighted by atomic mass is 16.3. The highest BCUT2D eigenvalue weighted by molar-refractivity contribution is 6.16. The van der Waals surface area contributed by atoms with E-state index in [2.05, 4.69) is 394 Å². The first-order valence-electron chi connectivity index (χ1n) is 46.6. The largest absolute Gasteiger partial charge is 0.456 e. The summed E-state index contributed by atoms with van der Waals surface area (Å²) in [5, 5.41) is 2.28. The Morgan fingerprint density at radius 2 is 0.696 bits per heavy atom. The molecule has 24 rings (SSSR count). The van der Waals surface area contributed by atoms with Crippen LogP contribution in [0.1, 0.15) is 233 Å². The van der Waals surface area contributed by atoms with Crippen molar-refractivity contribution in [1.29, 1.82) is 0 Å². The number of furan rings is 1. The van der Waals surface area contributed by atoms with Gasteiger partial charge >= 0.3 is 0 Å². The van der Waals surface area contributed by atoms with Crippen LogP contribution in [0.4, 0.5) is 17.1 Å². The van der Waals surface area contributed by atoms with Crippen molar-refractivity contribution < 1.29 is 4.42 Å². The molecule has 0 bridgehead atoms. The molecule has 0 saturated carbocycles. The topological polar surface area (TPSA) is 16.4 Å². The zero-order valence-electron chi connectivity index (χ0n) is 73.3. The molecule has 2 heteroatoms. The second-order valence-corrected chi connectivity index (χ2v) is 39.0. The molecule has 0 fully saturated rings. The molecule has 125 heavy (non-hydrogen) atoms. The van der Waals surface area contributed by atoms with Gasteiger partial charge < -0.3 is 9.32 Å². The van der Waals surface area contributed by atoms with Crippen molar-refractivity contribution in [1.82, 2.24) is 0 Å². The molecule has 17 aromatic rings. The average Bonchev–Trinajstić information content (AvgIpc) is 1.50. The molecule has 0 saturated heterocycles. The van der Waals surface area contributed by atoms with E-state index in [0.717, 1.165) is 45.4 Å². The first-order chi connectivity index (χ1) is 61.2. The summed E-state index contributed by atoms with van der Waals surface area (Å²) in [6, 6.07) is 130. The van der Waals surface area contributed by atoms with Crippen LogP contribution in [0, 0.1) is 0 Å². The van der Waals surface area contributed by atoms with Crippen LogP contribution >= 0.6 is 0 Å². The summed E-state index contributed by atoms with van der Waals surface area (Å²) in [5.74, 6) is 0. The summed E-state index contributed by atoms with van der Waals surface area (Å²) in [6.45, 7) is 19.8. The number of benzene rings is 16. The molecule has 0 N–H and O–H groups in total. The van der Waals surface area contributed by atoms with E-state index in [1.54, 1.807) is 11.1 Å². The monoisotopic (exact) mass is 1610 g/mol. The molecule has 608 valence electrons. The van der Waals surface area contributed by atoms with E-state index in [4.69, 9.17) is 4.42 Å². The molecular weight excluding hydrogens is 1510 g/mol. The van der Waals surface area contributed by atoms with Crippen molar-refractivity contribution in [2.24, 2.45) is 0 Å². The fraction of sp³-hybridized carbons (Fsp3) is 0.220. The first kappa shape index (κ1) is 75.8. The fourth-order valence-electron chi connectivity index (χ4n) is 25.9. The lowest BCUT2D eigenvalue weighted by Crippen LogP contribution is -2.30. The number of rotatable bonds is 20. The normalized spacial score (nSPS) is 15.8. The van der Waals surface area contributed by atoms with Gasteiger partial charge in [0.25, 0.3) is 0 Å². The summed E-state index contributed by atoms with van der Waals surface area (Å²) in [7, 11) is 0. The van der Waals surface area contributed by atoms with E-state index < -0.39 is 16.2 Å². The summed E-state index contributed by atoms with van der Waals surface area (Å²) in [6.07, 6.45) is 16.2. The lowest BCUT2D eigenvalue weighted by Gasteiger charge is -2.36. The van der Waals surface area contributed by atoms with Gasteiger partial charge in [-0.05, 0) is 281 Å². The first-order valence-corrected chi connectivity index (χ1v) is 46.6. The Balaban J connectivity index is 0.716. The van der Waals surface area contributed by atoms with Gasteiger partial charge in [0, 0.05) is 49.5 Å². The number of para-hydroxylation sites is 1. The Hall–Kier alpha value is -12.9. The third-order valence-electron chi connectivity index (χ3n) is 31.5. The highest BCUT2D eigenvalue weighted by Crippen LogP contribution is 2.69. The Kier molecular flexibility index (Phi) is 17.2. The SMILES string of the molecule is CCCCCCCC1(CCCCCCC)c2ccccc2-c2ccc(-c3ccc4c(c3)C(C)(C)c3cc(N(c5ccc6c(c5)C(C)(C)c5c-6c6c(c7c5C(C)(C)c5ccccc5-7)Cc5ccccc5-6)c5ccc6c(c5)C(c5ccccc5)(c5ccccc5)c5cc7c(cc5-6)C(c5ccccc5)(c5ccccc5)c5ccc6oc8ccccc8c6c5-7)ccc3-4)cc21. The number of hydrogen-bond donors (Lipinski definition) is 0. The Morgan fingerprint density at radius 1 is 0.272 bits per heavy atom. The van der Waals surface area contributed by atoms with Crippen molar-refractivity contribution in [3.63, 3.8) is 0 Å². The molecule has 1 heterocycles. The molecule has 7 aliphatic rings. The van der Waals surface area contributed by atoms with Gasteiger partial charge in [0.05, 0.1) is 10.8 Å². The molecule has 1 aromatic heterocycles. The fourth-order valence-corrected chi connectivity index (χ4v) is 25.9. The smallest absolute Gasteiger partial charge is 0.136 e. The number of fused-ring (bicyclic) bond motifs is 28. The van der Waals surface area contributed by atoms with Gasteiger partial charge in [0.2, 0.25) is 0 Å². The van der Waals surface area contributed by atoms with Gasteiger partial charge in [0.15, 0.2) is 0 Å². The zero-order valence-corrected chi connectivity index (χ0v) is 73.3. The molecule has 0 amide bonds. The van der Waals surface area contributed by atoms with Crippen molar-refractivity contribution >= 4 is 39.0 Å². The van der Waals surface area contributed by atoms with Crippen molar-refractivity contribution in [2.75, 3.05) is 4.90 Å². The van der Waals surface area contributed by atoms with Gasteiger partial charge in [0.1, 0.15) is 11.2 Å². The zero-order chi connectivity index (χ0) is 84.0. The lowest BCUT2D eigenvalue weighted by atomic mass is 9.66. The minimum absolute atomic E-state index is 0.00797. The predicted molar refractivity (Wildman–Crippen MR) is 522 cm³/mol. The van der Waals surface area contributed by atoms with Crippen molar-refractivity contribution in [2.45, 2.75) is 171 Å². The highest BCUT2D eigenvalue weighted by Gasteiger charge is 2.55. The molecule has 7 aliphatic carbocycles. The number of nitrogens with zero attached hydrogens (tertiary/aromatic N) is 1. The minimum Gasteiger partial charge on any atom is -0.456 e. The maximum atomic E-state index is 6.95. The minimum atomic E-state index is -0.809. The van der Waals surface area contributed by atoms with Crippen LogP contribution in [0.2, 0.25) is 0 Å². The standard InChI is InChI=1S/C123H105NO/c1-9-11-13-15-37-67-121(68-38-16-14-12-10-2)100-53-35-31-49-88(100)91-61-56-78(71-105(91)121)77-55-60-89-90-62-57-84(72-103(90)118(3,4)102(89)70-77)124(85-59-64-94-104(73-85)120(7,8)117-115(94)111-87-48-30-29-39-79(87)69-98(111)112-93-50-32-34-52-99(93)119(5,6)116(112)117)86-58-63-92-96-75-108-97(76-107(96)123(106(92)74-86,82-44-25-19-26-45-82)83-46-27-20-28-47-83)113-101(65-66-110-114(113)95-51-33-36-54-109(95)125-110)122(108,80-40-21-17-22-41-80)81-42-23-18-24-43-81/h17-36,39-66,70-76H,9-16,37-38,67-69H2,1-8H3. The van der Waals surface area contributed by atoms with Crippen LogP contribution in [-0.2, 0) is 38.9 Å². The van der Waals surface area contributed by atoms with Gasteiger partial charge in [-0.15, -0.1) is 0 Å². The van der Waals surface area contributed by atoms with Crippen LogP contribution in [0.15, 0.2) is 338 Å². The lowest BCUT2D eigenvalue weighted by molar-refractivity contribution is 0.399. The van der Waals surface area contributed by atoms with Crippen molar-refractivity contribution in [3.8, 4) is 89.0 Å². The van der Waals surface area contributed by atoms with Gasteiger partial charge in [-0.25, -0.2) is 0 Å². The average molecular weight is 1610 g/mol. The molecule has 0 unspecified atom stereocenters. The van der Waals surface area contributed by atoms with E-state index in [-0.39, 0.29) is 16.2 Å². The maximum Gasteiger partial charge on any atom is 0.136 e. The van der Waals surface area contributed by atoms with Crippen molar-refractivity contribution in [3.05, 3.63) is 434 Å². The summed E-state index contributed by atoms with van der Waals surface area (Å²) in [4.78, 5) is 2.66. The van der Waals surface area contributed by atoms with E-state index in [0.29, 0.717) is 0 Å². The molecule has 0 aliphatic heterocycles. The molecule has 0 radical (unpaired) electrons. The van der Waals surface area contributed by atoms with E-state index in [9.17, 15) is 0 Å². The van der Waals surface area contributed by atoms with Crippen LogP contribution in [0.25, 0.3) is 111 Å². The summed E-state index contributed by atoms with van der Waals surface area (Å²) >= 11 is 0. The number of hydrogen-bond acceptors (Lipinski definition) is 2. The quantitative estimate of drug-likeness (QED) is 0.0707. The molecule has 0 spiro atoms. The third-order valence-corrected chi connectivity index (χ3v) is 31.5. The van der Waals surface area contributed by atoms with Gasteiger partial charge in [-0.2, -0.15) is 0 Å². The van der Waals surface area contributed by atoms with E-state index in [1.165, 1.54) is 255 Å². The molecule has 0 atom stereocenters. The maximum absolute atomic E-state index is 6.95. The van der Waals surface area contributed by atoms with Crippen LogP contribution < -0.4 is 4.90 Å².